The largest absolute Gasteiger partial charge is 0.391 e. The zero-order valence-corrected chi connectivity index (χ0v) is 10.2. The van der Waals surface area contributed by atoms with Gasteiger partial charge in [0.15, 0.2) is 11.6 Å². The predicted octanol–water partition coefficient (Wildman–Crippen LogP) is 0.847. The standard InChI is InChI=1S/C12H15F2N3O2/c13-9-4-7(5-10(14)11(9)16-15)12(19)17-3-1-2-8(18)6-17/h4-5,8,16,18H,1-3,6,15H2. The zero-order valence-electron chi connectivity index (χ0n) is 10.2. The van der Waals surface area contributed by atoms with Gasteiger partial charge in [-0.05, 0) is 25.0 Å². The molecule has 1 aliphatic heterocycles. The molecule has 7 heteroatoms. The fourth-order valence-corrected chi connectivity index (χ4v) is 2.16. The topological polar surface area (TPSA) is 78.6 Å². The van der Waals surface area contributed by atoms with E-state index in [0.29, 0.717) is 19.4 Å². The fraction of sp³-hybridized carbons (Fsp3) is 0.417. The molecule has 1 aromatic carbocycles. The van der Waals surface area contributed by atoms with Crippen molar-refractivity contribution in [3.8, 4) is 0 Å². The van der Waals surface area contributed by atoms with Crippen LogP contribution in [-0.4, -0.2) is 35.1 Å². The van der Waals surface area contributed by atoms with E-state index in [1.54, 1.807) is 0 Å². The number of benzene rings is 1. The quantitative estimate of drug-likeness (QED) is 0.550. The molecule has 4 N–H and O–H groups in total. The van der Waals surface area contributed by atoms with Crippen LogP contribution >= 0.6 is 0 Å². The number of β-amino-alcohol motifs (C(OH)–C–C–N with tert-alkyl or cyclic N) is 1. The lowest BCUT2D eigenvalue weighted by molar-refractivity contribution is 0.0473. The summed E-state index contributed by atoms with van der Waals surface area (Å²) < 4.78 is 27.0. The first-order valence-electron chi connectivity index (χ1n) is 5.96. The summed E-state index contributed by atoms with van der Waals surface area (Å²) >= 11 is 0. The lowest BCUT2D eigenvalue weighted by atomic mass is 10.1. The number of carbonyl (C=O) groups excluding carboxylic acids is 1. The number of likely N-dealkylation sites (tertiary alicyclic amines) is 1. The van der Waals surface area contributed by atoms with Crippen LogP contribution in [0.15, 0.2) is 12.1 Å². The Bertz CT molecular complexity index is 473. The Kier molecular flexibility index (Phi) is 3.96. The van der Waals surface area contributed by atoms with Gasteiger partial charge in [-0.1, -0.05) is 0 Å². The van der Waals surface area contributed by atoms with Gasteiger partial charge in [0.1, 0.15) is 5.69 Å². The first-order valence-corrected chi connectivity index (χ1v) is 5.96. The number of nitrogens with one attached hydrogen (secondary N) is 1. The number of anilines is 1. The van der Waals surface area contributed by atoms with Crippen molar-refractivity contribution in [2.45, 2.75) is 18.9 Å². The number of hydrogen-bond donors (Lipinski definition) is 3. The summed E-state index contributed by atoms with van der Waals surface area (Å²) in [6.07, 6.45) is 0.709. The molecule has 0 spiro atoms. The third kappa shape index (κ3) is 2.82. The Labute approximate surface area is 109 Å². The fourth-order valence-electron chi connectivity index (χ4n) is 2.16. The Hall–Kier alpha value is -1.73. The second-order valence-corrected chi connectivity index (χ2v) is 4.51. The number of nitrogens with two attached hydrogens (primary N) is 1. The van der Waals surface area contributed by atoms with Crippen molar-refractivity contribution in [1.29, 1.82) is 0 Å². The Balaban J connectivity index is 2.24. The molecule has 1 unspecified atom stereocenters. The highest BCUT2D eigenvalue weighted by atomic mass is 19.1. The number of rotatable bonds is 2. The first kappa shape index (κ1) is 13.7. The van der Waals surface area contributed by atoms with Crippen LogP contribution < -0.4 is 11.3 Å². The molecule has 0 aromatic heterocycles. The van der Waals surface area contributed by atoms with Gasteiger partial charge in [0.2, 0.25) is 0 Å². The monoisotopic (exact) mass is 271 g/mol. The van der Waals surface area contributed by atoms with E-state index in [1.165, 1.54) is 4.90 Å². The summed E-state index contributed by atoms with van der Waals surface area (Å²) in [4.78, 5) is 13.5. The zero-order chi connectivity index (χ0) is 14.0. The average Bonchev–Trinajstić information content (AvgIpc) is 2.37. The van der Waals surface area contributed by atoms with E-state index >= 15 is 0 Å². The van der Waals surface area contributed by atoms with Crippen LogP contribution in [0.3, 0.4) is 0 Å². The SMILES string of the molecule is NNc1c(F)cc(C(=O)N2CCCC(O)C2)cc1F. The molecule has 1 atom stereocenters. The van der Waals surface area contributed by atoms with Crippen molar-refractivity contribution in [2.24, 2.45) is 5.84 Å². The Morgan fingerprint density at radius 2 is 2.05 bits per heavy atom. The first-order chi connectivity index (χ1) is 9.02. The molecule has 0 saturated carbocycles. The van der Waals surface area contributed by atoms with Gasteiger partial charge in [-0.2, -0.15) is 0 Å². The second kappa shape index (κ2) is 5.50. The number of aliphatic hydroxyl groups is 1. The summed E-state index contributed by atoms with van der Waals surface area (Å²) in [6, 6.07) is 1.86. The van der Waals surface area contributed by atoms with E-state index in [1.807, 2.05) is 5.43 Å². The van der Waals surface area contributed by atoms with E-state index < -0.39 is 29.3 Å². The average molecular weight is 271 g/mol. The van der Waals surface area contributed by atoms with Crippen molar-refractivity contribution < 1.29 is 18.7 Å². The number of piperidine rings is 1. The highest BCUT2D eigenvalue weighted by Crippen LogP contribution is 2.21. The van der Waals surface area contributed by atoms with Crippen LogP contribution in [0.2, 0.25) is 0 Å². The molecule has 1 fully saturated rings. The smallest absolute Gasteiger partial charge is 0.254 e. The molecule has 0 bridgehead atoms. The van der Waals surface area contributed by atoms with Crippen LogP contribution in [0.4, 0.5) is 14.5 Å². The van der Waals surface area contributed by atoms with Crippen LogP contribution in [0.1, 0.15) is 23.2 Å². The number of nitrogens with zero attached hydrogens (tertiary/aromatic N) is 1. The summed E-state index contributed by atoms with van der Waals surface area (Å²) in [5.74, 6) is 2.63. The molecule has 5 nitrogen and oxygen atoms in total. The number of hydrogen-bond acceptors (Lipinski definition) is 4. The second-order valence-electron chi connectivity index (χ2n) is 4.51. The number of amides is 1. The maximum absolute atomic E-state index is 13.5. The van der Waals surface area contributed by atoms with Gasteiger partial charge < -0.3 is 15.4 Å². The highest BCUT2D eigenvalue weighted by Gasteiger charge is 2.24. The van der Waals surface area contributed by atoms with Gasteiger partial charge in [-0.25, -0.2) is 8.78 Å². The molecule has 1 heterocycles. The minimum atomic E-state index is -0.927. The van der Waals surface area contributed by atoms with Crippen LogP contribution in [0.25, 0.3) is 0 Å². The van der Waals surface area contributed by atoms with Gasteiger partial charge in [0.25, 0.3) is 5.91 Å². The number of aliphatic hydroxyl groups excluding tert-OH is 1. The summed E-state index contributed by atoms with van der Waals surface area (Å²) in [5, 5.41) is 9.50. The van der Waals surface area contributed by atoms with Gasteiger partial charge in [-0.15, -0.1) is 0 Å². The summed E-state index contributed by atoms with van der Waals surface area (Å²) in [5.41, 5.74) is 1.33. The summed E-state index contributed by atoms with van der Waals surface area (Å²) in [6.45, 7) is 0.648. The molecule has 2 rings (SSSR count). The van der Waals surface area contributed by atoms with Crippen molar-refractivity contribution in [1.82, 2.24) is 4.90 Å². The van der Waals surface area contributed by atoms with Crippen molar-refractivity contribution >= 4 is 11.6 Å². The normalized spacial score (nSPS) is 19.4. The molecule has 1 aliphatic rings. The number of carbonyl (C=O) groups is 1. The van der Waals surface area contributed by atoms with E-state index in [0.717, 1.165) is 12.1 Å². The maximum atomic E-state index is 13.5. The van der Waals surface area contributed by atoms with E-state index in [9.17, 15) is 18.7 Å². The summed E-state index contributed by atoms with van der Waals surface area (Å²) in [7, 11) is 0. The third-order valence-corrected chi connectivity index (χ3v) is 3.12. The van der Waals surface area contributed by atoms with Gasteiger partial charge in [-0.3, -0.25) is 10.6 Å². The third-order valence-electron chi connectivity index (χ3n) is 3.12. The Morgan fingerprint density at radius 3 is 2.58 bits per heavy atom. The van der Waals surface area contributed by atoms with E-state index in [4.69, 9.17) is 5.84 Å². The molecule has 1 aromatic rings. The van der Waals surface area contributed by atoms with Crippen molar-refractivity contribution in [2.75, 3.05) is 18.5 Å². The molecule has 19 heavy (non-hydrogen) atoms. The van der Waals surface area contributed by atoms with Crippen molar-refractivity contribution in [3.63, 3.8) is 0 Å². The maximum Gasteiger partial charge on any atom is 0.254 e. The minimum Gasteiger partial charge on any atom is -0.391 e. The van der Waals surface area contributed by atoms with Crippen LogP contribution in [0.5, 0.6) is 0 Å². The van der Waals surface area contributed by atoms with E-state index in [2.05, 4.69) is 0 Å². The molecule has 0 radical (unpaired) electrons. The molecular formula is C12H15F2N3O2. The predicted molar refractivity (Wildman–Crippen MR) is 65.3 cm³/mol. The lowest BCUT2D eigenvalue weighted by Crippen LogP contribution is -2.42. The van der Waals surface area contributed by atoms with Crippen molar-refractivity contribution in [3.05, 3.63) is 29.3 Å². The molecular weight excluding hydrogens is 256 g/mol. The highest BCUT2D eigenvalue weighted by molar-refractivity contribution is 5.94. The lowest BCUT2D eigenvalue weighted by Gasteiger charge is -2.30. The van der Waals surface area contributed by atoms with Gasteiger partial charge in [0, 0.05) is 18.7 Å². The number of nitrogen functional groups attached to an aromatic ring is 1. The van der Waals surface area contributed by atoms with Gasteiger partial charge >= 0.3 is 0 Å². The van der Waals surface area contributed by atoms with E-state index in [-0.39, 0.29) is 12.1 Å². The molecule has 104 valence electrons. The minimum absolute atomic E-state index is 0.0944. The van der Waals surface area contributed by atoms with Gasteiger partial charge in [0.05, 0.1) is 6.10 Å². The Morgan fingerprint density at radius 1 is 1.42 bits per heavy atom. The van der Waals surface area contributed by atoms with Crippen LogP contribution in [-0.2, 0) is 0 Å². The number of halogens is 2. The van der Waals surface area contributed by atoms with Crippen LogP contribution in [0, 0.1) is 11.6 Å². The number of hydrazine groups is 1. The molecule has 0 aliphatic carbocycles. The molecule has 1 amide bonds. The molecule has 1 saturated heterocycles.